The first kappa shape index (κ1) is 25.0. The molecule has 0 radical (unpaired) electrons. The second-order valence-electron chi connectivity index (χ2n) is 8.02. The molecule has 1 aliphatic rings. The molecule has 0 bridgehead atoms. The van der Waals surface area contributed by atoms with Gasteiger partial charge in [0.05, 0.1) is 29.4 Å². The molecule has 1 N–H and O–H groups in total. The van der Waals surface area contributed by atoms with E-state index in [1.807, 2.05) is 4.90 Å². The number of amides is 2. The maximum absolute atomic E-state index is 12.7. The van der Waals surface area contributed by atoms with Crippen LogP contribution in [-0.4, -0.2) is 72.8 Å². The summed E-state index contributed by atoms with van der Waals surface area (Å²) >= 11 is 6.03. The van der Waals surface area contributed by atoms with Crippen LogP contribution in [0.4, 0.5) is 18.9 Å². The molecule has 1 fully saturated rings. The van der Waals surface area contributed by atoms with Crippen LogP contribution in [0.3, 0.4) is 0 Å². The molecule has 3 rings (SSSR count). The number of rotatable bonds is 7. The highest BCUT2D eigenvalue weighted by atomic mass is 35.5. The van der Waals surface area contributed by atoms with E-state index in [0.29, 0.717) is 43.4 Å². The highest BCUT2D eigenvalue weighted by molar-refractivity contribution is 6.33. The van der Waals surface area contributed by atoms with Gasteiger partial charge in [-0.3, -0.25) is 19.4 Å². The van der Waals surface area contributed by atoms with E-state index in [9.17, 15) is 22.8 Å². The number of hydrogen-bond acceptors (Lipinski definition) is 4. The van der Waals surface area contributed by atoms with E-state index < -0.39 is 11.7 Å². The largest absolute Gasteiger partial charge is 0.416 e. The summed E-state index contributed by atoms with van der Waals surface area (Å²) in [5.74, 6) is -0.499. The summed E-state index contributed by atoms with van der Waals surface area (Å²) in [6.07, 6.45) is -4.33. The average molecular weight is 483 g/mol. The molecule has 1 heterocycles. The van der Waals surface area contributed by atoms with Crippen molar-refractivity contribution in [2.24, 2.45) is 0 Å². The van der Waals surface area contributed by atoms with Gasteiger partial charge in [0.2, 0.25) is 11.8 Å². The van der Waals surface area contributed by atoms with Gasteiger partial charge in [0, 0.05) is 39.8 Å². The van der Waals surface area contributed by atoms with Crippen molar-refractivity contribution in [1.29, 1.82) is 0 Å². The number of piperazine rings is 1. The number of nitrogens with one attached hydrogen (secondary N) is 1. The molecule has 1 aliphatic heterocycles. The first-order chi connectivity index (χ1) is 15.6. The standard InChI is InChI=1S/C23H26ClF3N4O2/c1-29(15-21(32)28-20-5-3-2-4-19(20)24)22(33)16-31-12-10-30(11-13-31)14-17-6-8-18(9-7-17)23(25,26)27/h2-9H,10-16H2,1H3,(H,28,32). The number of alkyl halides is 3. The van der Waals surface area contributed by atoms with Crippen molar-refractivity contribution in [3.63, 3.8) is 0 Å². The summed E-state index contributed by atoms with van der Waals surface area (Å²) in [4.78, 5) is 30.3. The first-order valence-corrected chi connectivity index (χ1v) is 10.9. The lowest BCUT2D eigenvalue weighted by Gasteiger charge is -2.35. The van der Waals surface area contributed by atoms with Gasteiger partial charge >= 0.3 is 6.18 Å². The minimum atomic E-state index is -4.33. The highest BCUT2D eigenvalue weighted by Crippen LogP contribution is 2.29. The van der Waals surface area contributed by atoms with Crippen molar-refractivity contribution in [2.75, 3.05) is 51.6 Å². The lowest BCUT2D eigenvalue weighted by molar-refractivity contribution is -0.137. The Labute approximate surface area is 195 Å². The van der Waals surface area contributed by atoms with Gasteiger partial charge in [-0.05, 0) is 29.8 Å². The molecule has 0 unspecified atom stereocenters. The quantitative estimate of drug-likeness (QED) is 0.655. The van der Waals surface area contributed by atoms with Crippen LogP contribution in [0.1, 0.15) is 11.1 Å². The molecule has 33 heavy (non-hydrogen) atoms. The van der Waals surface area contributed by atoms with Gasteiger partial charge in [-0.15, -0.1) is 0 Å². The van der Waals surface area contributed by atoms with E-state index in [0.717, 1.165) is 17.7 Å². The van der Waals surface area contributed by atoms with Crippen LogP contribution in [0.5, 0.6) is 0 Å². The second-order valence-corrected chi connectivity index (χ2v) is 8.43. The number of likely N-dealkylation sites (N-methyl/N-ethyl adjacent to an activating group) is 1. The van der Waals surface area contributed by atoms with Gasteiger partial charge in [-0.2, -0.15) is 13.2 Å². The monoisotopic (exact) mass is 482 g/mol. The highest BCUT2D eigenvalue weighted by Gasteiger charge is 2.30. The van der Waals surface area contributed by atoms with Gasteiger partial charge in [0.1, 0.15) is 0 Å². The van der Waals surface area contributed by atoms with Crippen LogP contribution >= 0.6 is 11.6 Å². The molecule has 2 aromatic carbocycles. The molecule has 6 nitrogen and oxygen atoms in total. The number of benzene rings is 2. The molecule has 0 aromatic heterocycles. The Morgan fingerprint density at radius 2 is 1.61 bits per heavy atom. The molecular formula is C23H26ClF3N4O2. The Morgan fingerprint density at radius 3 is 2.21 bits per heavy atom. The minimum Gasteiger partial charge on any atom is -0.335 e. The molecule has 10 heteroatoms. The summed E-state index contributed by atoms with van der Waals surface area (Å²) in [6.45, 7) is 3.39. The van der Waals surface area contributed by atoms with E-state index in [-0.39, 0.29) is 24.9 Å². The van der Waals surface area contributed by atoms with Crippen LogP contribution in [0.15, 0.2) is 48.5 Å². The molecule has 2 amide bonds. The van der Waals surface area contributed by atoms with Crippen molar-refractivity contribution < 1.29 is 22.8 Å². The summed E-state index contributed by atoms with van der Waals surface area (Å²) < 4.78 is 38.1. The number of nitrogens with zero attached hydrogens (tertiary/aromatic N) is 3. The Bertz CT molecular complexity index is 961. The Kier molecular flexibility index (Phi) is 8.34. The molecule has 0 aliphatic carbocycles. The number of hydrogen-bond donors (Lipinski definition) is 1. The average Bonchev–Trinajstić information content (AvgIpc) is 2.76. The van der Waals surface area contributed by atoms with Gasteiger partial charge < -0.3 is 10.2 Å². The molecule has 0 atom stereocenters. The maximum Gasteiger partial charge on any atom is 0.416 e. The normalized spacial score (nSPS) is 15.3. The summed E-state index contributed by atoms with van der Waals surface area (Å²) in [5, 5.41) is 3.12. The molecule has 2 aromatic rings. The predicted molar refractivity (Wildman–Crippen MR) is 121 cm³/mol. The third-order valence-electron chi connectivity index (χ3n) is 5.47. The van der Waals surface area contributed by atoms with Gasteiger partial charge in [-0.25, -0.2) is 0 Å². The lowest BCUT2D eigenvalue weighted by Crippen LogP contribution is -2.49. The number of carbonyl (C=O) groups excluding carboxylic acids is 2. The lowest BCUT2D eigenvalue weighted by atomic mass is 10.1. The Morgan fingerprint density at radius 1 is 1.00 bits per heavy atom. The SMILES string of the molecule is CN(CC(=O)Nc1ccccc1Cl)C(=O)CN1CCN(Cc2ccc(C(F)(F)F)cc2)CC1. The van der Waals surface area contributed by atoms with Crippen molar-refractivity contribution in [3.8, 4) is 0 Å². The van der Waals surface area contributed by atoms with Crippen LogP contribution in [0, 0.1) is 0 Å². The zero-order chi connectivity index (χ0) is 24.0. The van der Waals surface area contributed by atoms with Gasteiger partial charge in [-0.1, -0.05) is 35.9 Å². The predicted octanol–water partition coefficient (Wildman–Crippen LogP) is 3.57. The zero-order valence-corrected chi connectivity index (χ0v) is 19.0. The Hall–Kier alpha value is -2.62. The zero-order valence-electron chi connectivity index (χ0n) is 18.2. The van der Waals surface area contributed by atoms with E-state index >= 15 is 0 Å². The van der Waals surface area contributed by atoms with E-state index in [1.165, 1.54) is 17.0 Å². The number of anilines is 1. The van der Waals surface area contributed by atoms with Crippen LogP contribution in [0.2, 0.25) is 5.02 Å². The van der Waals surface area contributed by atoms with E-state index in [1.54, 1.807) is 31.3 Å². The second kappa shape index (κ2) is 11.0. The summed E-state index contributed by atoms with van der Waals surface area (Å²) in [6, 6.07) is 12.1. The van der Waals surface area contributed by atoms with Crippen LogP contribution < -0.4 is 5.32 Å². The third-order valence-corrected chi connectivity index (χ3v) is 5.80. The first-order valence-electron chi connectivity index (χ1n) is 10.5. The fourth-order valence-corrected chi connectivity index (χ4v) is 3.71. The minimum absolute atomic E-state index is 0.0854. The summed E-state index contributed by atoms with van der Waals surface area (Å²) in [7, 11) is 1.58. The number of halogens is 4. The van der Waals surface area contributed by atoms with Crippen LogP contribution in [-0.2, 0) is 22.3 Å². The van der Waals surface area contributed by atoms with Crippen molar-refractivity contribution >= 4 is 29.1 Å². The molecular weight excluding hydrogens is 457 g/mol. The molecule has 0 saturated carbocycles. The number of para-hydroxylation sites is 1. The van der Waals surface area contributed by atoms with Gasteiger partial charge in [0.25, 0.3) is 0 Å². The third kappa shape index (κ3) is 7.45. The van der Waals surface area contributed by atoms with Crippen molar-refractivity contribution in [1.82, 2.24) is 14.7 Å². The van der Waals surface area contributed by atoms with E-state index in [4.69, 9.17) is 11.6 Å². The topological polar surface area (TPSA) is 55.9 Å². The molecule has 178 valence electrons. The van der Waals surface area contributed by atoms with Crippen molar-refractivity contribution in [3.05, 3.63) is 64.7 Å². The smallest absolute Gasteiger partial charge is 0.335 e. The van der Waals surface area contributed by atoms with Gasteiger partial charge in [0.15, 0.2) is 0 Å². The fraction of sp³-hybridized carbons (Fsp3) is 0.391. The number of carbonyl (C=O) groups is 2. The van der Waals surface area contributed by atoms with E-state index in [2.05, 4.69) is 10.2 Å². The molecule has 1 saturated heterocycles. The summed E-state index contributed by atoms with van der Waals surface area (Å²) in [5.41, 5.74) is 0.658. The fourth-order valence-electron chi connectivity index (χ4n) is 3.53. The van der Waals surface area contributed by atoms with Crippen molar-refractivity contribution in [2.45, 2.75) is 12.7 Å². The Balaban J connectivity index is 1.40. The molecule has 0 spiro atoms. The van der Waals surface area contributed by atoms with Crippen LogP contribution in [0.25, 0.3) is 0 Å². The maximum atomic E-state index is 12.7.